The van der Waals surface area contributed by atoms with Crippen LogP contribution in [0.1, 0.15) is 39.5 Å². The van der Waals surface area contributed by atoms with Crippen molar-refractivity contribution in [1.82, 2.24) is 10.2 Å². The number of likely N-dealkylation sites (tertiary alicyclic amines) is 1. The van der Waals surface area contributed by atoms with Gasteiger partial charge in [0.25, 0.3) is 0 Å². The fraction of sp³-hybridized carbons (Fsp3) is 0.846. The Balaban J connectivity index is 2.33. The van der Waals surface area contributed by atoms with E-state index in [1.54, 1.807) is 0 Å². The van der Waals surface area contributed by atoms with Gasteiger partial charge in [0.15, 0.2) is 0 Å². The molecule has 1 unspecified atom stereocenters. The molecule has 1 rings (SSSR count). The Morgan fingerprint density at radius 2 is 2.17 bits per heavy atom. The van der Waals surface area contributed by atoms with Gasteiger partial charge in [0.05, 0.1) is 6.54 Å². The first-order chi connectivity index (χ1) is 8.49. The van der Waals surface area contributed by atoms with Gasteiger partial charge < -0.3 is 15.3 Å². The van der Waals surface area contributed by atoms with Crippen LogP contribution in [-0.4, -0.2) is 47.6 Å². The lowest BCUT2D eigenvalue weighted by Gasteiger charge is -2.33. The highest BCUT2D eigenvalue weighted by Gasteiger charge is 2.23. The Morgan fingerprint density at radius 1 is 1.44 bits per heavy atom. The second kappa shape index (κ2) is 7.36. The topological polar surface area (TPSA) is 69.6 Å². The van der Waals surface area contributed by atoms with Crippen LogP contribution in [0.5, 0.6) is 0 Å². The Labute approximate surface area is 109 Å². The van der Waals surface area contributed by atoms with Gasteiger partial charge in [-0.05, 0) is 25.2 Å². The quantitative estimate of drug-likeness (QED) is 0.746. The number of hydrogen-bond donors (Lipinski definition) is 2. The summed E-state index contributed by atoms with van der Waals surface area (Å²) >= 11 is 0. The SMILES string of the molecule is CC(C)NCC(=O)N1CCCC(CCC(=O)O)C1. The predicted octanol–water partition coefficient (Wildman–Crippen LogP) is 1.09. The van der Waals surface area contributed by atoms with Crippen LogP contribution in [0.25, 0.3) is 0 Å². The third kappa shape index (κ3) is 5.49. The molecular formula is C13H24N2O3. The molecule has 0 saturated carbocycles. The molecule has 1 atom stereocenters. The van der Waals surface area contributed by atoms with Crippen LogP contribution in [0, 0.1) is 5.92 Å². The second-order valence-corrected chi connectivity index (χ2v) is 5.32. The van der Waals surface area contributed by atoms with Gasteiger partial charge in [-0.25, -0.2) is 0 Å². The van der Waals surface area contributed by atoms with Gasteiger partial charge in [-0.3, -0.25) is 9.59 Å². The van der Waals surface area contributed by atoms with Gasteiger partial charge in [0, 0.05) is 25.6 Å². The van der Waals surface area contributed by atoms with Gasteiger partial charge >= 0.3 is 5.97 Å². The van der Waals surface area contributed by atoms with E-state index in [-0.39, 0.29) is 12.3 Å². The number of carboxylic acid groups (broad SMARTS) is 1. The zero-order valence-corrected chi connectivity index (χ0v) is 11.3. The molecule has 1 amide bonds. The van der Waals surface area contributed by atoms with Crippen molar-refractivity contribution in [2.45, 2.75) is 45.6 Å². The highest BCUT2D eigenvalue weighted by molar-refractivity contribution is 5.78. The maximum atomic E-state index is 11.9. The molecule has 0 bridgehead atoms. The van der Waals surface area contributed by atoms with Gasteiger partial charge in [-0.1, -0.05) is 13.8 Å². The number of carbonyl (C=O) groups is 2. The van der Waals surface area contributed by atoms with Crippen LogP contribution in [0.2, 0.25) is 0 Å². The van der Waals surface area contributed by atoms with Crippen molar-refractivity contribution in [2.75, 3.05) is 19.6 Å². The van der Waals surface area contributed by atoms with Crippen molar-refractivity contribution in [3.05, 3.63) is 0 Å². The number of nitrogens with one attached hydrogen (secondary N) is 1. The van der Waals surface area contributed by atoms with E-state index in [2.05, 4.69) is 5.32 Å². The number of rotatable bonds is 6. The number of hydrogen-bond acceptors (Lipinski definition) is 3. The van der Waals surface area contributed by atoms with E-state index in [0.717, 1.165) is 19.4 Å². The predicted molar refractivity (Wildman–Crippen MR) is 69.3 cm³/mol. The maximum absolute atomic E-state index is 11.9. The number of amides is 1. The van der Waals surface area contributed by atoms with E-state index in [4.69, 9.17) is 5.11 Å². The molecule has 1 fully saturated rings. The zero-order valence-electron chi connectivity index (χ0n) is 11.3. The summed E-state index contributed by atoms with van der Waals surface area (Å²) in [6.45, 7) is 5.93. The maximum Gasteiger partial charge on any atom is 0.303 e. The lowest BCUT2D eigenvalue weighted by molar-refractivity contribution is -0.137. The Kier molecular flexibility index (Phi) is 6.12. The van der Waals surface area contributed by atoms with Crippen molar-refractivity contribution >= 4 is 11.9 Å². The number of carbonyl (C=O) groups excluding carboxylic acids is 1. The summed E-state index contributed by atoms with van der Waals surface area (Å²) in [6, 6.07) is 0.307. The van der Waals surface area contributed by atoms with E-state index in [9.17, 15) is 9.59 Å². The van der Waals surface area contributed by atoms with Crippen molar-refractivity contribution in [3.63, 3.8) is 0 Å². The Bertz CT molecular complexity index is 292. The summed E-state index contributed by atoms with van der Waals surface area (Å²) in [5, 5.41) is 11.8. The van der Waals surface area contributed by atoms with E-state index < -0.39 is 5.97 Å². The van der Waals surface area contributed by atoms with Crippen molar-refractivity contribution < 1.29 is 14.7 Å². The molecule has 1 heterocycles. The standard InChI is InChI=1S/C13H24N2O3/c1-10(2)14-8-12(16)15-7-3-4-11(9-15)5-6-13(17)18/h10-11,14H,3-9H2,1-2H3,(H,17,18). The summed E-state index contributed by atoms with van der Waals surface area (Å²) in [7, 11) is 0. The second-order valence-electron chi connectivity index (χ2n) is 5.32. The molecule has 0 aromatic rings. The van der Waals surface area contributed by atoms with E-state index in [1.165, 1.54) is 0 Å². The van der Waals surface area contributed by atoms with Crippen LogP contribution in [0.3, 0.4) is 0 Å². The fourth-order valence-electron chi connectivity index (χ4n) is 2.26. The van der Waals surface area contributed by atoms with Crippen LogP contribution in [-0.2, 0) is 9.59 Å². The molecule has 1 aliphatic heterocycles. The first kappa shape index (κ1) is 15.0. The van der Waals surface area contributed by atoms with Crippen LogP contribution < -0.4 is 5.32 Å². The molecule has 0 aromatic carbocycles. The fourth-order valence-corrected chi connectivity index (χ4v) is 2.26. The summed E-state index contributed by atoms with van der Waals surface area (Å²) in [4.78, 5) is 24.3. The third-order valence-electron chi connectivity index (χ3n) is 3.30. The Hall–Kier alpha value is -1.10. The molecule has 0 aliphatic carbocycles. The summed E-state index contributed by atoms with van der Waals surface area (Å²) in [6.07, 6.45) is 2.90. The van der Waals surface area contributed by atoms with E-state index in [1.807, 2.05) is 18.7 Å². The molecule has 5 nitrogen and oxygen atoms in total. The van der Waals surface area contributed by atoms with Gasteiger partial charge in [-0.15, -0.1) is 0 Å². The van der Waals surface area contributed by atoms with E-state index >= 15 is 0 Å². The first-order valence-electron chi connectivity index (χ1n) is 6.72. The van der Waals surface area contributed by atoms with Crippen LogP contribution in [0.4, 0.5) is 0 Å². The minimum absolute atomic E-state index is 0.128. The minimum atomic E-state index is -0.750. The highest BCUT2D eigenvalue weighted by atomic mass is 16.4. The lowest BCUT2D eigenvalue weighted by Crippen LogP contribution is -2.45. The normalized spacial score (nSPS) is 20.2. The first-order valence-corrected chi connectivity index (χ1v) is 6.72. The van der Waals surface area contributed by atoms with Crippen molar-refractivity contribution in [1.29, 1.82) is 0 Å². The smallest absolute Gasteiger partial charge is 0.303 e. The Morgan fingerprint density at radius 3 is 2.78 bits per heavy atom. The minimum Gasteiger partial charge on any atom is -0.481 e. The molecule has 0 spiro atoms. The molecule has 2 N–H and O–H groups in total. The molecule has 18 heavy (non-hydrogen) atoms. The monoisotopic (exact) mass is 256 g/mol. The molecule has 104 valence electrons. The van der Waals surface area contributed by atoms with E-state index in [0.29, 0.717) is 31.5 Å². The van der Waals surface area contributed by atoms with Crippen LogP contribution >= 0.6 is 0 Å². The van der Waals surface area contributed by atoms with Gasteiger partial charge in [0.2, 0.25) is 5.91 Å². The van der Waals surface area contributed by atoms with Crippen LogP contribution in [0.15, 0.2) is 0 Å². The summed E-state index contributed by atoms with van der Waals surface area (Å²) in [5.74, 6) is -0.276. The number of aliphatic carboxylic acids is 1. The molecule has 0 aromatic heterocycles. The molecule has 5 heteroatoms. The molecule has 0 radical (unpaired) electrons. The average Bonchev–Trinajstić information content (AvgIpc) is 2.33. The zero-order chi connectivity index (χ0) is 13.5. The summed E-state index contributed by atoms with van der Waals surface area (Å²) in [5.41, 5.74) is 0. The summed E-state index contributed by atoms with van der Waals surface area (Å²) < 4.78 is 0. The van der Waals surface area contributed by atoms with Gasteiger partial charge in [0.1, 0.15) is 0 Å². The van der Waals surface area contributed by atoms with Crippen molar-refractivity contribution in [3.8, 4) is 0 Å². The van der Waals surface area contributed by atoms with Gasteiger partial charge in [-0.2, -0.15) is 0 Å². The molecular weight excluding hydrogens is 232 g/mol. The number of nitrogens with zero attached hydrogens (tertiary/aromatic N) is 1. The molecule has 1 saturated heterocycles. The third-order valence-corrected chi connectivity index (χ3v) is 3.30. The van der Waals surface area contributed by atoms with Crippen molar-refractivity contribution in [2.24, 2.45) is 5.92 Å². The highest BCUT2D eigenvalue weighted by Crippen LogP contribution is 2.20. The number of carboxylic acids is 1. The average molecular weight is 256 g/mol. The molecule has 1 aliphatic rings. The lowest BCUT2D eigenvalue weighted by atomic mass is 9.93. The number of piperidine rings is 1. The largest absolute Gasteiger partial charge is 0.481 e.